The predicted molar refractivity (Wildman–Crippen MR) is 77.9 cm³/mol. The normalized spacial score (nSPS) is 18.4. The molecule has 0 aliphatic carbocycles. The number of methoxy groups -OCH3 is 1. The van der Waals surface area contributed by atoms with Crippen molar-refractivity contribution in [2.75, 3.05) is 45.6 Å². The van der Waals surface area contributed by atoms with Gasteiger partial charge in [0.15, 0.2) is 0 Å². The van der Waals surface area contributed by atoms with Crippen LogP contribution in [0.3, 0.4) is 0 Å². The van der Waals surface area contributed by atoms with E-state index in [1.165, 1.54) is 5.69 Å². The van der Waals surface area contributed by atoms with Crippen LogP contribution in [0.25, 0.3) is 0 Å². The van der Waals surface area contributed by atoms with Crippen LogP contribution in [0.4, 0.5) is 0 Å². The minimum absolute atomic E-state index is 0.178. The van der Waals surface area contributed by atoms with Gasteiger partial charge in [0, 0.05) is 58.3 Å². The molecule has 1 aromatic rings. The van der Waals surface area contributed by atoms with Gasteiger partial charge in [-0.15, -0.1) is 0 Å². The van der Waals surface area contributed by atoms with Crippen LogP contribution in [0.2, 0.25) is 0 Å². The molecule has 2 heterocycles. The Bertz CT molecular complexity index is 479. The Morgan fingerprint density at radius 3 is 2.65 bits per heavy atom. The fourth-order valence-electron chi connectivity index (χ4n) is 2.39. The summed E-state index contributed by atoms with van der Waals surface area (Å²) in [6.07, 6.45) is 2.47. The quantitative estimate of drug-likeness (QED) is 0.745. The first-order valence-corrected chi connectivity index (χ1v) is 8.54. The van der Waals surface area contributed by atoms with Gasteiger partial charge in [0.05, 0.1) is 5.75 Å². The highest BCUT2D eigenvalue weighted by Gasteiger charge is 2.26. The van der Waals surface area contributed by atoms with Crippen LogP contribution in [0, 0.1) is 0 Å². The number of rotatable bonds is 7. The fourth-order valence-corrected chi connectivity index (χ4v) is 3.85. The Kier molecular flexibility index (Phi) is 5.59. The lowest BCUT2D eigenvalue weighted by Crippen LogP contribution is -2.48. The number of hydrogen-bond donors (Lipinski definition) is 1. The second-order valence-electron chi connectivity index (χ2n) is 5.03. The van der Waals surface area contributed by atoms with E-state index in [1.807, 2.05) is 18.3 Å². The zero-order valence-electron chi connectivity index (χ0n) is 11.9. The molecule has 0 aromatic carbocycles. The van der Waals surface area contributed by atoms with Crippen molar-refractivity contribution in [3.05, 3.63) is 24.0 Å². The Hall–Kier alpha value is -0.890. The molecule has 0 spiro atoms. The molecule has 20 heavy (non-hydrogen) atoms. The third-order valence-corrected chi connectivity index (χ3v) is 5.49. The first-order valence-electron chi connectivity index (χ1n) is 6.93. The predicted octanol–water partition coefficient (Wildman–Crippen LogP) is 0.499. The summed E-state index contributed by atoms with van der Waals surface area (Å²) in [5.41, 5.74) is 1.17. The van der Waals surface area contributed by atoms with E-state index < -0.39 is 10.0 Å². The monoisotopic (exact) mass is 301 g/mol. The van der Waals surface area contributed by atoms with E-state index >= 15 is 0 Å². The minimum Gasteiger partial charge on any atom is -0.385 e. The second kappa shape index (κ2) is 7.21. The van der Waals surface area contributed by atoms with E-state index in [4.69, 9.17) is 4.74 Å². The van der Waals surface area contributed by atoms with Crippen molar-refractivity contribution in [2.45, 2.75) is 13.0 Å². The molecule has 1 saturated heterocycles. The number of hydrogen-bond acceptors (Lipinski definition) is 4. The molecule has 0 bridgehead atoms. The average Bonchev–Trinajstić information content (AvgIpc) is 2.92. The van der Waals surface area contributed by atoms with Gasteiger partial charge in [0.25, 0.3) is 0 Å². The summed E-state index contributed by atoms with van der Waals surface area (Å²) >= 11 is 0. The minimum atomic E-state index is -3.12. The molecule has 0 atom stereocenters. The van der Waals surface area contributed by atoms with Gasteiger partial charge in [-0.2, -0.15) is 4.31 Å². The fraction of sp³-hybridized carbons (Fsp3) is 0.692. The summed E-state index contributed by atoms with van der Waals surface area (Å²) in [5, 5.41) is 0. The van der Waals surface area contributed by atoms with E-state index in [0.717, 1.165) is 19.6 Å². The van der Waals surface area contributed by atoms with Gasteiger partial charge in [-0.3, -0.25) is 4.90 Å². The standard InChI is InChI=1S/C13H23N3O3S/c1-19-10-3-11-20(17,18)16-8-6-15(7-9-16)12-13-4-2-5-14-13/h2,4-5,14H,3,6-12H2,1H3. The summed E-state index contributed by atoms with van der Waals surface area (Å²) in [6.45, 7) is 4.06. The molecule has 1 aliphatic rings. The van der Waals surface area contributed by atoms with E-state index in [1.54, 1.807) is 11.4 Å². The Balaban J connectivity index is 1.78. The van der Waals surface area contributed by atoms with Gasteiger partial charge < -0.3 is 9.72 Å². The molecule has 1 N–H and O–H groups in total. The van der Waals surface area contributed by atoms with Gasteiger partial charge in [-0.1, -0.05) is 0 Å². The van der Waals surface area contributed by atoms with Crippen molar-refractivity contribution in [3.63, 3.8) is 0 Å². The first-order chi connectivity index (χ1) is 9.62. The van der Waals surface area contributed by atoms with Gasteiger partial charge in [-0.05, 0) is 18.6 Å². The van der Waals surface area contributed by atoms with Crippen LogP contribution in [0.1, 0.15) is 12.1 Å². The highest BCUT2D eigenvalue weighted by Crippen LogP contribution is 2.11. The highest BCUT2D eigenvalue weighted by atomic mass is 32.2. The molecule has 114 valence electrons. The topological polar surface area (TPSA) is 65.6 Å². The highest BCUT2D eigenvalue weighted by molar-refractivity contribution is 7.89. The number of nitrogens with one attached hydrogen (secondary N) is 1. The maximum absolute atomic E-state index is 12.1. The van der Waals surface area contributed by atoms with E-state index in [-0.39, 0.29) is 5.75 Å². The zero-order chi connectivity index (χ0) is 14.4. The lowest BCUT2D eigenvalue weighted by molar-refractivity contribution is 0.178. The summed E-state index contributed by atoms with van der Waals surface area (Å²) in [4.78, 5) is 5.44. The van der Waals surface area contributed by atoms with Crippen molar-refractivity contribution in [1.82, 2.24) is 14.2 Å². The van der Waals surface area contributed by atoms with Gasteiger partial charge >= 0.3 is 0 Å². The summed E-state index contributed by atoms with van der Waals surface area (Å²) in [7, 11) is -1.53. The lowest BCUT2D eigenvalue weighted by atomic mass is 10.3. The van der Waals surface area contributed by atoms with Crippen LogP contribution < -0.4 is 0 Å². The zero-order valence-corrected chi connectivity index (χ0v) is 12.7. The molecule has 7 heteroatoms. The van der Waals surface area contributed by atoms with Crippen LogP contribution in [0.5, 0.6) is 0 Å². The SMILES string of the molecule is COCCCS(=O)(=O)N1CCN(Cc2ccc[nH]2)CC1. The molecule has 0 saturated carbocycles. The van der Waals surface area contributed by atoms with Crippen molar-refractivity contribution in [1.29, 1.82) is 0 Å². The number of nitrogens with zero attached hydrogens (tertiary/aromatic N) is 2. The smallest absolute Gasteiger partial charge is 0.214 e. The maximum Gasteiger partial charge on any atom is 0.214 e. The van der Waals surface area contributed by atoms with Crippen molar-refractivity contribution >= 4 is 10.0 Å². The van der Waals surface area contributed by atoms with E-state index in [2.05, 4.69) is 9.88 Å². The second-order valence-corrected chi connectivity index (χ2v) is 7.12. The molecule has 0 amide bonds. The number of aromatic nitrogens is 1. The third-order valence-electron chi connectivity index (χ3n) is 3.53. The lowest BCUT2D eigenvalue weighted by Gasteiger charge is -2.33. The maximum atomic E-state index is 12.1. The van der Waals surface area contributed by atoms with Crippen LogP contribution in [-0.4, -0.2) is 68.3 Å². The molecule has 1 aromatic heterocycles. The molecule has 0 radical (unpaired) electrons. The molecular formula is C13H23N3O3S. The largest absolute Gasteiger partial charge is 0.385 e. The van der Waals surface area contributed by atoms with Gasteiger partial charge in [0.2, 0.25) is 10.0 Å². The third kappa shape index (κ3) is 4.31. The molecule has 1 aliphatic heterocycles. The van der Waals surface area contributed by atoms with Gasteiger partial charge in [0.1, 0.15) is 0 Å². The summed E-state index contributed by atoms with van der Waals surface area (Å²) in [5.74, 6) is 0.178. The van der Waals surface area contributed by atoms with Crippen LogP contribution in [0.15, 0.2) is 18.3 Å². The molecule has 0 unspecified atom stereocenters. The first kappa shape index (κ1) is 15.5. The number of aromatic amines is 1. The van der Waals surface area contributed by atoms with Crippen LogP contribution in [-0.2, 0) is 21.3 Å². The summed E-state index contributed by atoms with van der Waals surface area (Å²) in [6, 6.07) is 4.03. The Labute approximate surface area is 120 Å². The Morgan fingerprint density at radius 1 is 1.30 bits per heavy atom. The molecule has 1 fully saturated rings. The summed E-state index contributed by atoms with van der Waals surface area (Å²) < 4.78 is 30.8. The molecule has 6 nitrogen and oxygen atoms in total. The number of ether oxygens (including phenoxy) is 1. The van der Waals surface area contributed by atoms with Crippen molar-refractivity contribution in [3.8, 4) is 0 Å². The van der Waals surface area contributed by atoms with Crippen molar-refractivity contribution < 1.29 is 13.2 Å². The molecular weight excluding hydrogens is 278 g/mol. The van der Waals surface area contributed by atoms with E-state index in [0.29, 0.717) is 26.1 Å². The van der Waals surface area contributed by atoms with E-state index in [9.17, 15) is 8.42 Å². The number of H-pyrrole nitrogens is 1. The van der Waals surface area contributed by atoms with Crippen molar-refractivity contribution in [2.24, 2.45) is 0 Å². The molecule has 2 rings (SSSR count). The number of sulfonamides is 1. The Morgan fingerprint density at radius 2 is 2.05 bits per heavy atom. The van der Waals surface area contributed by atoms with Crippen LogP contribution >= 0.6 is 0 Å². The number of piperazine rings is 1. The average molecular weight is 301 g/mol. The van der Waals surface area contributed by atoms with Gasteiger partial charge in [-0.25, -0.2) is 8.42 Å².